The van der Waals surface area contributed by atoms with Gasteiger partial charge in [-0.2, -0.15) is 9.90 Å². The van der Waals surface area contributed by atoms with E-state index in [1.807, 2.05) is 32.0 Å². The van der Waals surface area contributed by atoms with Crippen molar-refractivity contribution in [2.75, 3.05) is 13.2 Å². The average Bonchev–Trinajstić information content (AvgIpc) is 3.08. The highest BCUT2D eigenvalue weighted by molar-refractivity contribution is 6.42. The van der Waals surface area contributed by atoms with Gasteiger partial charge in [-0.1, -0.05) is 47.0 Å². The molecule has 3 rings (SSSR count). The van der Waals surface area contributed by atoms with Crippen LogP contribution in [0, 0.1) is 20.8 Å². The average molecular weight is 449 g/mol. The molecule has 0 saturated heterocycles. The van der Waals surface area contributed by atoms with Crippen molar-refractivity contribution in [3.8, 4) is 11.4 Å². The van der Waals surface area contributed by atoms with Gasteiger partial charge in [0.15, 0.2) is 5.69 Å². The number of nitrogens with zero attached hydrogens (tertiary/aromatic N) is 3. The van der Waals surface area contributed by atoms with E-state index in [9.17, 15) is 9.90 Å². The van der Waals surface area contributed by atoms with Gasteiger partial charge in [-0.05, 0) is 44.5 Å². The summed E-state index contributed by atoms with van der Waals surface area (Å²) in [6.45, 7) is 5.60. The van der Waals surface area contributed by atoms with Gasteiger partial charge in [0.1, 0.15) is 23.5 Å². The van der Waals surface area contributed by atoms with E-state index in [4.69, 9.17) is 27.9 Å². The van der Waals surface area contributed by atoms with Crippen molar-refractivity contribution in [3.63, 3.8) is 0 Å². The lowest BCUT2D eigenvalue weighted by molar-refractivity contribution is 0.0839. The standard InChI is InChI=1S/C21H22Cl2N4O3/c1-12-7-8-17(13(2)9-12)27-25-14(3)20(26-27)21(29)24-10-15(28)11-30-18-6-4-5-16(22)19(18)23/h4-9,15,28H,10-11H2,1-3H3,(H,24,29). The lowest BCUT2D eigenvalue weighted by Gasteiger charge is -2.14. The van der Waals surface area contributed by atoms with E-state index in [1.54, 1.807) is 25.1 Å². The zero-order valence-corrected chi connectivity index (χ0v) is 18.3. The summed E-state index contributed by atoms with van der Waals surface area (Å²) in [5.41, 5.74) is 3.62. The number of aromatic nitrogens is 3. The second-order valence-corrected chi connectivity index (χ2v) is 7.73. The minimum Gasteiger partial charge on any atom is -0.489 e. The molecule has 0 fully saturated rings. The Hall–Kier alpha value is -2.61. The van der Waals surface area contributed by atoms with Crippen LogP contribution in [-0.2, 0) is 0 Å². The van der Waals surface area contributed by atoms with Gasteiger partial charge in [-0.25, -0.2) is 0 Å². The van der Waals surface area contributed by atoms with Crippen molar-refractivity contribution < 1.29 is 14.6 Å². The summed E-state index contributed by atoms with van der Waals surface area (Å²) in [7, 11) is 0. The molecule has 0 saturated carbocycles. The number of aliphatic hydroxyl groups is 1. The molecule has 1 unspecified atom stereocenters. The van der Waals surface area contributed by atoms with E-state index in [0.29, 0.717) is 16.5 Å². The molecular formula is C21H22Cl2N4O3. The SMILES string of the molecule is Cc1ccc(-n2nc(C)c(C(=O)NCC(O)COc3cccc(Cl)c3Cl)n2)c(C)c1. The van der Waals surface area contributed by atoms with Crippen LogP contribution < -0.4 is 10.1 Å². The van der Waals surface area contributed by atoms with Crippen LogP contribution in [0.5, 0.6) is 5.75 Å². The van der Waals surface area contributed by atoms with Crippen LogP contribution in [0.2, 0.25) is 10.0 Å². The predicted octanol–water partition coefficient (Wildman–Crippen LogP) is 3.67. The normalized spacial score (nSPS) is 11.9. The van der Waals surface area contributed by atoms with Crippen LogP contribution in [0.3, 0.4) is 0 Å². The molecule has 0 aliphatic heterocycles. The van der Waals surface area contributed by atoms with Crippen molar-refractivity contribution >= 4 is 29.1 Å². The fourth-order valence-electron chi connectivity index (χ4n) is 2.86. The Morgan fingerprint density at radius 2 is 1.97 bits per heavy atom. The molecular weight excluding hydrogens is 427 g/mol. The molecule has 0 bridgehead atoms. The number of hydrogen-bond donors (Lipinski definition) is 2. The largest absolute Gasteiger partial charge is 0.489 e. The molecule has 0 aliphatic carbocycles. The molecule has 0 spiro atoms. The number of aryl methyl sites for hydroxylation is 3. The number of rotatable bonds is 7. The number of halogens is 2. The number of carbonyl (C=O) groups is 1. The van der Waals surface area contributed by atoms with Crippen LogP contribution in [0.25, 0.3) is 5.69 Å². The van der Waals surface area contributed by atoms with Crippen LogP contribution in [0.4, 0.5) is 0 Å². The summed E-state index contributed by atoms with van der Waals surface area (Å²) in [4.78, 5) is 14.0. The van der Waals surface area contributed by atoms with Gasteiger partial charge >= 0.3 is 0 Å². The maximum atomic E-state index is 12.5. The molecule has 1 aromatic heterocycles. The molecule has 0 radical (unpaired) electrons. The third-order valence-corrected chi connectivity index (χ3v) is 5.21. The number of nitrogens with one attached hydrogen (secondary N) is 1. The van der Waals surface area contributed by atoms with Crippen LogP contribution in [-0.4, -0.2) is 45.3 Å². The Bertz CT molecular complexity index is 1070. The Morgan fingerprint density at radius 1 is 1.20 bits per heavy atom. The predicted molar refractivity (Wildman–Crippen MR) is 116 cm³/mol. The van der Waals surface area contributed by atoms with Crippen LogP contribution in [0.15, 0.2) is 36.4 Å². The highest BCUT2D eigenvalue weighted by atomic mass is 35.5. The van der Waals surface area contributed by atoms with Crippen LogP contribution in [0.1, 0.15) is 27.3 Å². The maximum Gasteiger partial charge on any atom is 0.273 e. The number of ether oxygens (including phenoxy) is 1. The molecule has 3 aromatic rings. The van der Waals surface area contributed by atoms with Crippen molar-refractivity contribution in [2.24, 2.45) is 0 Å². The smallest absolute Gasteiger partial charge is 0.273 e. The van der Waals surface area contributed by atoms with Gasteiger partial charge in [0, 0.05) is 6.54 Å². The van der Waals surface area contributed by atoms with Crippen molar-refractivity contribution in [3.05, 3.63) is 69.0 Å². The number of carbonyl (C=O) groups excluding carboxylic acids is 1. The molecule has 9 heteroatoms. The summed E-state index contributed by atoms with van der Waals surface area (Å²) in [5, 5.41) is 22.1. The van der Waals surface area contributed by atoms with Gasteiger partial charge in [0.2, 0.25) is 0 Å². The maximum absolute atomic E-state index is 12.5. The summed E-state index contributed by atoms with van der Waals surface area (Å²) in [6, 6.07) is 10.9. The fraction of sp³-hybridized carbons (Fsp3) is 0.286. The Kier molecular flexibility index (Phi) is 6.97. The molecule has 1 atom stereocenters. The van der Waals surface area contributed by atoms with E-state index >= 15 is 0 Å². The van der Waals surface area contributed by atoms with E-state index in [-0.39, 0.29) is 23.9 Å². The van der Waals surface area contributed by atoms with Gasteiger partial charge in [0.05, 0.1) is 16.4 Å². The van der Waals surface area contributed by atoms with Gasteiger partial charge < -0.3 is 15.2 Å². The Morgan fingerprint density at radius 3 is 2.70 bits per heavy atom. The number of amides is 1. The van der Waals surface area contributed by atoms with E-state index in [2.05, 4.69) is 15.5 Å². The fourth-order valence-corrected chi connectivity index (χ4v) is 3.21. The van der Waals surface area contributed by atoms with E-state index < -0.39 is 12.0 Å². The van der Waals surface area contributed by atoms with Crippen molar-refractivity contribution in [2.45, 2.75) is 26.9 Å². The minimum atomic E-state index is -0.946. The number of benzene rings is 2. The first-order valence-electron chi connectivity index (χ1n) is 9.31. The minimum absolute atomic E-state index is 0.0210. The summed E-state index contributed by atoms with van der Waals surface area (Å²) in [5.74, 6) is -0.0647. The third kappa shape index (κ3) is 5.11. The topological polar surface area (TPSA) is 89.3 Å². The van der Waals surface area contributed by atoms with E-state index in [0.717, 1.165) is 16.8 Å². The first-order chi connectivity index (χ1) is 14.3. The number of hydrogen-bond acceptors (Lipinski definition) is 5. The second-order valence-electron chi connectivity index (χ2n) is 6.94. The highest BCUT2D eigenvalue weighted by Gasteiger charge is 2.18. The summed E-state index contributed by atoms with van der Waals surface area (Å²) in [6.07, 6.45) is -0.946. The second kappa shape index (κ2) is 9.47. The lowest BCUT2D eigenvalue weighted by Crippen LogP contribution is -2.35. The summed E-state index contributed by atoms with van der Waals surface area (Å²) >= 11 is 12.0. The van der Waals surface area contributed by atoms with Gasteiger partial charge in [-0.3, -0.25) is 4.79 Å². The molecule has 30 heavy (non-hydrogen) atoms. The lowest BCUT2D eigenvalue weighted by atomic mass is 10.1. The zero-order chi connectivity index (χ0) is 21.8. The molecule has 158 valence electrons. The molecule has 7 nitrogen and oxygen atoms in total. The quantitative estimate of drug-likeness (QED) is 0.575. The molecule has 2 aromatic carbocycles. The van der Waals surface area contributed by atoms with Gasteiger partial charge in [-0.15, -0.1) is 5.10 Å². The number of aliphatic hydroxyl groups excluding tert-OH is 1. The Balaban J connectivity index is 1.59. The summed E-state index contributed by atoms with van der Waals surface area (Å²) < 4.78 is 5.48. The molecule has 1 heterocycles. The molecule has 2 N–H and O–H groups in total. The Labute approximate surface area is 184 Å². The van der Waals surface area contributed by atoms with Crippen molar-refractivity contribution in [1.82, 2.24) is 20.3 Å². The molecule has 1 amide bonds. The van der Waals surface area contributed by atoms with Crippen molar-refractivity contribution in [1.29, 1.82) is 0 Å². The van der Waals surface area contributed by atoms with Gasteiger partial charge in [0.25, 0.3) is 5.91 Å². The molecule has 0 aliphatic rings. The highest BCUT2D eigenvalue weighted by Crippen LogP contribution is 2.31. The first-order valence-corrected chi connectivity index (χ1v) is 10.1. The zero-order valence-electron chi connectivity index (χ0n) is 16.8. The van der Waals surface area contributed by atoms with E-state index in [1.165, 1.54) is 4.80 Å². The third-order valence-electron chi connectivity index (χ3n) is 4.41. The first kappa shape index (κ1) is 22.1. The monoisotopic (exact) mass is 448 g/mol. The van der Waals surface area contributed by atoms with Crippen LogP contribution >= 0.6 is 23.2 Å².